The number of aryl methyl sites for hydroxylation is 2. The van der Waals surface area contributed by atoms with Gasteiger partial charge in [0.1, 0.15) is 0 Å². The average Bonchev–Trinajstić information content (AvgIpc) is 3.12. The number of amides is 1. The first-order valence-corrected chi connectivity index (χ1v) is 10.3. The number of hydrogen-bond donors (Lipinski definition) is 2. The standard InChI is InChI=1S/C18H23N5O3S/c1-12-17(13(2)20-18(19-12)23-10-4-5-11-23)22-27(25,26)16-8-6-15(7-9-16)21-14(3)24/h6-9,22H,4-5,10-11H2,1-3H3,(H,21,24). The number of rotatable bonds is 5. The minimum Gasteiger partial charge on any atom is -0.341 e. The van der Waals surface area contributed by atoms with Crippen LogP contribution in [0.5, 0.6) is 0 Å². The van der Waals surface area contributed by atoms with Crippen LogP contribution in [0.3, 0.4) is 0 Å². The lowest BCUT2D eigenvalue weighted by atomic mass is 10.3. The zero-order valence-corrected chi connectivity index (χ0v) is 16.4. The molecule has 0 atom stereocenters. The fraction of sp³-hybridized carbons (Fsp3) is 0.389. The first-order valence-electron chi connectivity index (χ1n) is 8.77. The van der Waals surface area contributed by atoms with Crippen LogP contribution in [-0.4, -0.2) is 37.4 Å². The van der Waals surface area contributed by atoms with Crippen molar-refractivity contribution in [3.63, 3.8) is 0 Å². The number of anilines is 3. The molecular formula is C18H23N5O3S. The second kappa shape index (κ2) is 7.51. The molecule has 1 aromatic heterocycles. The van der Waals surface area contributed by atoms with E-state index in [2.05, 4.69) is 24.9 Å². The van der Waals surface area contributed by atoms with Crippen molar-refractivity contribution in [3.05, 3.63) is 35.7 Å². The molecule has 0 saturated carbocycles. The molecule has 1 aliphatic heterocycles. The number of nitrogens with one attached hydrogen (secondary N) is 2. The summed E-state index contributed by atoms with van der Waals surface area (Å²) in [6, 6.07) is 5.97. The summed E-state index contributed by atoms with van der Waals surface area (Å²) in [5, 5.41) is 2.61. The molecule has 2 N–H and O–H groups in total. The Labute approximate surface area is 159 Å². The maximum absolute atomic E-state index is 12.7. The van der Waals surface area contributed by atoms with Crippen LogP contribution < -0.4 is 14.9 Å². The Hall–Kier alpha value is -2.68. The van der Waals surface area contributed by atoms with Crippen LogP contribution in [0.15, 0.2) is 29.2 Å². The Bertz CT molecular complexity index is 928. The molecule has 0 spiro atoms. The van der Waals surface area contributed by atoms with Crippen LogP contribution in [0.1, 0.15) is 31.2 Å². The van der Waals surface area contributed by atoms with E-state index in [1.807, 2.05) is 0 Å². The Balaban J connectivity index is 1.83. The molecule has 2 aromatic rings. The number of carbonyl (C=O) groups excluding carboxylic acids is 1. The highest BCUT2D eigenvalue weighted by molar-refractivity contribution is 7.92. The second-order valence-electron chi connectivity index (χ2n) is 6.57. The SMILES string of the molecule is CC(=O)Nc1ccc(S(=O)(=O)Nc2c(C)nc(N3CCCC3)nc2C)cc1. The van der Waals surface area contributed by atoms with Crippen LogP contribution in [0.25, 0.3) is 0 Å². The fourth-order valence-corrected chi connectivity index (χ4v) is 4.20. The highest BCUT2D eigenvalue weighted by Gasteiger charge is 2.21. The molecule has 144 valence electrons. The third kappa shape index (κ3) is 4.36. The predicted molar refractivity (Wildman–Crippen MR) is 105 cm³/mol. The highest BCUT2D eigenvalue weighted by atomic mass is 32.2. The number of aromatic nitrogens is 2. The molecule has 0 unspecified atom stereocenters. The van der Waals surface area contributed by atoms with Gasteiger partial charge >= 0.3 is 0 Å². The van der Waals surface area contributed by atoms with E-state index >= 15 is 0 Å². The van der Waals surface area contributed by atoms with Crippen LogP contribution >= 0.6 is 0 Å². The quantitative estimate of drug-likeness (QED) is 0.814. The van der Waals surface area contributed by atoms with Crippen molar-refractivity contribution in [2.24, 2.45) is 0 Å². The van der Waals surface area contributed by atoms with E-state index in [1.54, 1.807) is 26.0 Å². The van der Waals surface area contributed by atoms with Crippen LogP contribution in [0.4, 0.5) is 17.3 Å². The lowest BCUT2D eigenvalue weighted by Crippen LogP contribution is -2.22. The van der Waals surface area contributed by atoms with Crippen molar-refractivity contribution in [3.8, 4) is 0 Å². The summed E-state index contributed by atoms with van der Waals surface area (Å²) >= 11 is 0. The van der Waals surface area contributed by atoms with Crippen LogP contribution in [0.2, 0.25) is 0 Å². The normalized spacial score (nSPS) is 14.3. The van der Waals surface area contributed by atoms with Gasteiger partial charge in [0.05, 0.1) is 22.0 Å². The van der Waals surface area contributed by atoms with Crippen molar-refractivity contribution in [2.45, 2.75) is 38.5 Å². The van der Waals surface area contributed by atoms with Gasteiger partial charge in [-0.3, -0.25) is 9.52 Å². The molecule has 1 aromatic carbocycles. The Morgan fingerprint density at radius 2 is 1.59 bits per heavy atom. The summed E-state index contributed by atoms with van der Waals surface area (Å²) in [7, 11) is -3.79. The molecule has 0 radical (unpaired) electrons. The van der Waals surface area contributed by atoms with Crippen LogP contribution in [-0.2, 0) is 14.8 Å². The summed E-state index contributed by atoms with van der Waals surface area (Å²) in [5.41, 5.74) is 2.10. The number of carbonyl (C=O) groups is 1. The van der Waals surface area contributed by atoms with Gasteiger partial charge in [-0.25, -0.2) is 18.4 Å². The summed E-state index contributed by atoms with van der Waals surface area (Å²) in [6.45, 7) is 6.77. The Morgan fingerprint density at radius 3 is 2.11 bits per heavy atom. The molecule has 0 aliphatic carbocycles. The molecule has 1 saturated heterocycles. The lowest BCUT2D eigenvalue weighted by molar-refractivity contribution is -0.114. The van der Waals surface area contributed by atoms with E-state index in [9.17, 15) is 13.2 Å². The average molecular weight is 389 g/mol. The molecule has 27 heavy (non-hydrogen) atoms. The Kier molecular flexibility index (Phi) is 5.31. The maximum Gasteiger partial charge on any atom is 0.262 e. The highest BCUT2D eigenvalue weighted by Crippen LogP contribution is 2.25. The van der Waals surface area contributed by atoms with Crippen molar-refractivity contribution < 1.29 is 13.2 Å². The van der Waals surface area contributed by atoms with E-state index < -0.39 is 10.0 Å². The summed E-state index contributed by atoms with van der Waals surface area (Å²) in [4.78, 5) is 22.2. The van der Waals surface area contributed by atoms with E-state index in [4.69, 9.17) is 0 Å². The third-order valence-electron chi connectivity index (χ3n) is 4.37. The minimum atomic E-state index is -3.79. The fourth-order valence-electron chi connectivity index (χ4n) is 3.02. The molecular weight excluding hydrogens is 366 g/mol. The van der Waals surface area contributed by atoms with Gasteiger partial charge in [0, 0.05) is 25.7 Å². The molecule has 2 heterocycles. The molecule has 1 fully saturated rings. The minimum absolute atomic E-state index is 0.0963. The van der Waals surface area contributed by atoms with E-state index in [1.165, 1.54) is 19.1 Å². The zero-order valence-electron chi connectivity index (χ0n) is 15.6. The Morgan fingerprint density at radius 1 is 1.04 bits per heavy atom. The van der Waals surface area contributed by atoms with Crippen molar-refractivity contribution >= 4 is 33.3 Å². The number of benzene rings is 1. The first-order chi connectivity index (χ1) is 12.8. The van der Waals surface area contributed by atoms with Gasteiger partial charge in [0.15, 0.2) is 0 Å². The molecule has 3 rings (SSSR count). The van der Waals surface area contributed by atoms with Gasteiger partial charge in [0.2, 0.25) is 11.9 Å². The largest absolute Gasteiger partial charge is 0.341 e. The van der Waals surface area contributed by atoms with Crippen LogP contribution in [0, 0.1) is 13.8 Å². The van der Waals surface area contributed by atoms with Gasteiger partial charge in [-0.15, -0.1) is 0 Å². The lowest BCUT2D eigenvalue weighted by Gasteiger charge is -2.19. The van der Waals surface area contributed by atoms with Gasteiger partial charge < -0.3 is 10.2 Å². The smallest absolute Gasteiger partial charge is 0.262 e. The van der Waals surface area contributed by atoms with Gasteiger partial charge in [0.25, 0.3) is 10.0 Å². The predicted octanol–water partition coefficient (Wildman–Crippen LogP) is 2.45. The van der Waals surface area contributed by atoms with Gasteiger partial charge in [-0.2, -0.15) is 0 Å². The first kappa shape index (κ1) is 19.1. The molecule has 0 bridgehead atoms. The molecule has 9 heteroatoms. The second-order valence-corrected chi connectivity index (χ2v) is 8.26. The monoisotopic (exact) mass is 389 g/mol. The summed E-state index contributed by atoms with van der Waals surface area (Å²) in [5.74, 6) is 0.426. The maximum atomic E-state index is 12.7. The van der Waals surface area contributed by atoms with Crippen molar-refractivity contribution in [1.82, 2.24) is 9.97 Å². The van der Waals surface area contributed by atoms with Crippen molar-refractivity contribution in [1.29, 1.82) is 0 Å². The third-order valence-corrected chi connectivity index (χ3v) is 5.73. The summed E-state index contributed by atoms with van der Waals surface area (Å²) in [6.07, 6.45) is 2.23. The molecule has 1 amide bonds. The number of hydrogen-bond acceptors (Lipinski definition) is 6. The molecule has 8 nitrogen and oxygen atoms in total. The molecule has 1 aliphatic rings. The van der Waals surface area contributed by atoms with E-state index in [0.29, 0.717) is 28.7 Å². The van der Waals surface area contributed by atoms with Gasteiger partial charge in [-0.1, -0.05) is 0 Å². The number of nitrogens with zero attached hydrogens (tertiary/aromatic N) is 3. The van der Waals surface area contributed by atoms with Crippen molar-refractivity contribution in [2.75, 3.05) is 28.0 Å². The van der Waals surface area contributed by atoms with E-state index in [0.717, 1.165) is 25.9 Å². The van der Waals surface area contributed by atoms with Gasteiger partial charge in [-0.05, 0) is 51.0 Å². The topological polar surface area (TPSA) is 104 Å². The number of sulfonamides is 1. The zero-order chi connectivity index (χ0) is 19.6. The van der Waals surface area contributed by atoms with E-state index in [-0.39, 0.29) is 10.8 Å². The summed E-state index contributed by atoms with van der Waals surface area (Å²) < 4.78 is 28.0.